The van der Waals surface area contributed by atoms with Gasteiger partial charge in [0.1, 0.15) is 0 Å². The lowest BCUT2D eigenvalue weighted by Gasteiger charge is -2.06. The van der Waals surface area contributed by atoms with E-state index < -0.39 is 17.5 Å². The molecule has 0 aromatic heterocycles. The Labute approximate surface area is 91.1 Å². The number of halogens is 3. The normalized spacial score (nSPS) is 10.4. The Morgan fingerprint density at radius 3 is 2.33 bits per heavy atom. The highest BCUT2D eigenvalue weighted by Gasteiger charge is 2.09. The molecule has 0 fully saturated rings. The zero-order chi connectivity index (χ0) is 11.3. The quantitative estimate of drug-likeness (QED) is 0.621. The van der Waals surface area contributed by atoms with Crippen LogP contribution in [0.3, 0.4) is 0 Å². The van der Waals surface area contributed by atoms with Gasteiger partial charge in [-0.3, -0.25) is 0 Å². The van der Waals surface area contributed by atoms with Crippen LogP contribution in [0.4, 0.5) is 18.9 Å². The van der Waals surface area contributed by atoms with Crippen molar-refractivity contribution in [3.8, 4) is 0 Å². The van der Waals surface area contributed by atoms with Gasteiger partial charge in [-0.2, -0.15) is 11.8 Å². The second-order valence-corrected chi connectivity index (χ2v) is 4.27. The van der Waals surface area contributed by atoms with Crippen molar-refractivity contribution in [2.24, 2.45) is 0 Å². The lowest BCUT2D eigenvalue weighted by atomic mass is 10.3. The fourth-order valence-corrected chi connectivity index (χ4v) is 1.60. The highest BCUT2D eigenvalue weighted by atomic mass is 32.2. The van der Waals surface area contributed by atoms with Crippen molar-refractivity contribution in [3.05, 3.63) is 29.6 Å². The van der Waals surface area contributed by atoms with E-state index in [1.807, 2.05) is 6.92 Å². The monoisotopic (exact) mass is 235 g/mol. The number of hydrogen-bond acceptors (Lipinski definition) is 2. The molecule has 0 radical (unpaired) electrons. The van der Waals surface area contributed by atoms with Crippen LogP contribution in [-0.2, 0) is 0 Å². The summed E-state index contributed by atoms with van der Waals surface area (Å²) in [5.74, 6) is -1.92. The largest absolute Gasteiger partial charge is 0.384 e. The molecule has 0 saturated heterocycles. The van der Waals surface area contributed by atoms with Crippen LogP contribution in [0.1, 0.15) is 6.92 Å². The summed E-state index contributed by atoms with van der Waals surface area (Å²) in [6.07, 6.45) is 0. The summed E-state index contributed by atoms with van der Waals surface area (Å²) in [6.45, 7) is 2.63. The van der Waals surface area contributed by atoms with Crippen LogP contribution in [0.5, 0.6) is 0 Å². The summed E-state index contributed by atoms with van der Waals surface area (Å²) in [6, 6.07) is 1.91. The molecule has 1 N–H and O–H groups in total. The van der Waals surface area contributed by atoms with Crippen molar-refractivity contribution < 1.29 is 13.2 Å². The summed E-state index contributed by atoms with van der Waals surface area (Å²) in [5, 5.41) is 2.82. The molecular weight excluding hydrogens is 223 g/mol. The maximum absolute atomic E-state index is 12.8. The van der Waals surface area contributed by atoms with Gasteiger partial charge in [-0.05, 0) is 5.75 Å². The van der Waals surface area contributed by atoms with Gasteiger partial charge in [0.25, 0.3) is 0 Å². The molecule has 0 spiro atoms. The van der Waals surface area contributed by atoms with Gasteiger partial charge in [0.2, 0.25) is 0 Å². The Morgan fingerprint density at radius 2 is 1.80 bits per heavy atom. The highest BCUT2D eigenvalue weighted by Crippen LogP contribution is 2.17. The third-order valence-corrected chi connectivity index (χ3v) is 2.66. The van der Waals surface area contributed by atoms with E-state index in [0.717, 1.165) is 23.6 Å². The van der Waals surface area contributed by atoms with E-state index in [4.69, 9.17) is 0 Å². The van der Waals surface area contributed by atoms with Crippen molar-refractivity contribution in [1.29, 1.82) is 0 Å². The van der Waals surface area contributed by atoms with Crippen LogP contribution in [0.15, 0.2) is 12.1 Å². The standard InChI is InChI=1S/C10H12F3NS/c1-2-15-4-3-14-7-5-8(11)10(13)9(12)6-7/h5-6,14H,2-4H2,1H3. The Kier molecular flexibility index (Phi) is 4.81. The summed E-state index contributed by atoms with van der Waals surface area (Å²) in [4.78, 5) is 0. The van der Waals surface area contributed by atoms with E-state index in [1.54, 1.807) is 11.8 Å². The predicted molar refractivity (Wildman–Crippen MR) is 57.8 cm³/mol. The zero-order valence-electron chi connectivity index (χ0n) is 8.32. The molecule has 0 unspecified atom stereocenters. The van der Waals surface area contributed by atoms with Crippen molar-refractivity contribution in [3.63, 3.8) is 0 Å². The van der Waals surface area contributed by atoms with E-state index in [-0.39, 0.29) is 5.69 Å². The minimum absolute atomic E-state index is 0.267. The van der Waals surface area contributed by atoms with Gasteiger partial charge in [0.05, 0.1) is 0 Å². The maximum Gasteiger partial charge on any atom is 0.194 e. The average Bonchev–Trinajstić information content (AvgIpc) is 2.21. The van der Waals surface area contributed by atoms with E-state index in [1.165, 1.54) is 0 Å². The van der Waals surface area contributed by atoms with Crippen LogP contribution in [-0.4, -0.2) is 18.1 Å². The minimum Gasteiger partial charge on any atom is -0.384 e. The second-order valence-electron chi connectivity index (χ2n) is 2.88. The summed E-state index contributed by atoms with van der Waals surface area (Å²) in [5.41, 5.74) is 0.267. The molecule has 0 amide bonds. The predicted octanol–water partition coefficient (Wildman–Crippen LogP) is 3.27. The average molecular weight is 235 g/mol. The first kappa shape index (κ1) is 12.2. The first-order valence-corrected chi connectivity index (χ1v) is 5.76. The number of thioether (sulfide) groups is 1. The third-order valence-electron chi connectivity index (χ3n) is 1.76. The molecule has 15 heavy (non-hydrogen) atoms. The molecule has 0 aliphatic rings. The molecule has 1 nitrogen and oxygen atoms in total. The van der Waals surface area contributed by atoms with Gasteiger partial charge < -0.3 is 5.32 Å². The molecule has 1 aromatic rings. The van der Waals surface area contributed by atoms with Crippen molar-refractivity contribution >= 4 is 17.4 Å². The van der Waals surface area contributed by atoms with Gasteiger partial charge in [-0.25, -0.2) is 13.2 Å². The van der Waals surface area contributed by atoms with Crippen LogP contribution in [0.25, 0.3) is 0 Å². The van der Waals surface area contributed by atoms with Crippen LogP contribution in [0, 0.1) is 17.5 Å². The Bertz CT molecular complexity index is 307. The molecule has 0 heterocycles. The van der Waals surface area contributed by atoms with Gasteiger partial charge >= 0.3 is 0 Å². The van der Waals surface area contributed by atoms with Gasteiger partial charge in [0, 0.05) is 30.1 Å². The third kappa shape index (κ3) is 3.66. The number of nitrogens with one attached hydrogen (secondary N) is 1. The van der Waals surface area contributed by atoms with Crippen LogP contribution in [0.2, 0.25) is 0 Å². The molecule has 84 valence electrons. The van der Waals surface area contributed by atoms with E-state index in [0.29, 0.717) is 6.54 Å². The Hall–Kier alpha value is -0.840. The van der Waals surface area contributed by atoms with E-state index >= 15 is 0 Å². The molecular formula is C10H12F3NS. The molecule has 0 aliphatic heterocycles. The summed E-state index contributed by atoms with van der Waals surface area (Å²) >= 11 is 1.71. The molecule has 0 bridgehead atoms. The fraction of sp³-hybridized carbons (Fsp3) is 0.400. The molecule has 1 rings (SSSR count). The lowest BCUT2D eigenvalue weighted by molar-refractivity contribution is 0.448. The topological polar surface area (TPSA) is 12.0 Å². The van der Waals surface area contributed by atoms with Gasteiger partial charge in [-0.15, -0.1) is 0 Å². The van der Waals surface area contributed by atoms with Crippen LogP contribution >= 0.6 is 11.8 Å². The van der Waals surface area contributed by atoms with Crippen molar-refractivity contribution in [2.45, 2.75) is 6.92 Å². The van der Waals surface area contributed by atoms with Gasteiger partial charge in [0.15, 0.2) is 17.5 Å². The summed E-state index contributed by atoms with van der Waals surface area (Å²) < 4.78 is 38.1. The molecule has 1 aromatic carbocycles. The zero-order valence-corrected chi connectivity index (χ0v) is 9.13. The Morgan fingerprint density at radius 1 is 1.20 bits per heavy atom. The van der Waals surface area contributed by atoms with E-state index in [9.17, 15) is 13.2 Å². The number of anilines is 1. The molecule has 5 heteroatoms. The second kappa shape index (κ2) is 5.90. The van der Waals surface area contributed by atoms with Crippen LogP contribution < -0.4 is 5.32 Å². The molecule has 0 atom stereocenters. The number of hydrogen-bond donors (Lipinski definition) is 1. The SMILES string of the molecule is CCSCCNc1cc(F)c(F)c(F)c1. The highest BCUT2D eigenvalue weighted by molar-refractivity contribution is 7.99. The Balaban J connectivity index is 2.55. The fourth-order valence-electron chi connectivity index (χ4n) is 1.07. The first-order valence-electron chi connectivity index (χ1n) is 4.61. The summed E-state index contributed by atoms with van der Waals surface area (Å²) in [7, 11) is 0. The van der Waals surface area contributed by atoms with Crippen molar-refractivity contribution in [1.82, 2.24) is 0 Å². The van der Waals surface area contributed by atoms with Gasteiger partial charge in [-0.1, -0.05) is 6.92 Å². The van der Waals surface area contributed by atoms with E-state index in [2.05, 4.69) is 5.32 Å². The molecule has 0 saturated carbocycles. The first-order chi connectivity index (χ1) is 7.15. The smallest absolute Gasteiger partial charge is 0.194 e. The van der Waals surface area contributed by atoms with Crippen molar-refractivity contribution in [2.75, 3.05) is 23.4 Å². The number of benzene rings is 1. The maximum atomic E-state index is 12.8. The lowest BCUT2D eigenvalue weighted by Crippen LogP contribution is -2.05. The number of rotatable bonds is 5. The minimum atomic E-state index is -1.43. The molecule has 0 aliphatic carbocycles.